The zero-order valence-electron chi connectivity index (χ0n) is 7.80. The minimum absolute atomic E-state index is 0.181. The number of rotatable bonds is 1. The zero-order valence-corrected chi connectivity index (χ0v) is 8.62. The smallest absolute Gasteiger partial charge is 0.238 e. The van der Waals surface area contributed by atoms with E-state index in [-0.39, 0.29) is 11.9 Å². The number of piperidine rings is 1. The standard InChI is InChI=1S/C7H11N5OS/c1-11-4-5(2-3-6(11)13)12-7(14)8-9-10-12/h5H,2-4H2,1H3,(H,8,10,14). The highest BCUT2D eigenvalue weighted by Gasteiger charge is 2.24. The van der Waals surface area contributed by atoms with Gasteiger partial charge in [-0.3, -0.25) is 4.79 Å². The van der Waals surface area contributed by atoms with Crippen LogP contribution >= 0.6 is 12.2 Å². The van der Waals surface area contributed by atoms with Crippen molar-refractivity contribution in [1.82, 2.24) is 25.1 Å². The van der Waals surface area contributed by atoms with Gasteiger partial charge in [0.1, 0.15) is 0 Å². The number of nitrogens with zero attached hydrogens (tertiary/aromatic N) is 4. The van der Waals surface area contributed by atoms with Crippen LogP contribution in [0.3, 0.4) is 0 Å². The molecule has 1 aliphatic rings. The van der Waals surface area contributed by atoms with Crippen molar-refractivity contribution in [2.24, 2.45) is 0 Å². The fourth-order valence-corrected chi connectivity index (χ4v) is 1.87. The van der Waals surface area contributed by atoms with E-state index in [1.165, 1.54) is 0 Å². The summed E-state index contributed by atoms with van der Waals surface area (Å²) in [6, 6.07) is 0.181. The number of likely N-dealkylation sites (N-methyl/N-ethyl adjacent to an activating group) is 1. The second-order valence-electron chi connectivity index (χ2n) is 3.42. The summed E-state index contributed by atoms with van der Waals surface area (Å²) >= 11 is 4.99. The Balaban J connectivity index is 2.18. The fourth-order valence-electron chi connectivity index (χ4n) is 1.64. The average Bonchev–Trinajstić information content (AvgIpc) is 2.57. The number of hydrogen-bond acceptors (Lipinski definition) is 4. The minimum atomic E-state index is 0.181. The predicted molar refractivity (Wildman–Crippen MR) is 51.1 cm³/mol. The number of carbonyl (C=O) groups excluding carboxylic acids is 1. The van der Waals surface area contributed by atoms with E-state index < -0.39 is 0 Å². The lowest BCUT2D eigenvalue weighted by atomic mass is 10.1. The Hall–Kier alpha value is -1.24. The van der Waals surface area contributed by atoms with Crippen molar-refractivity contribution in [3.63, 3.8) is 0 Å². The fraction of sp³-hybridized carbons (Fsp3) is 0.714. The van der Waals surface area contributed by atoms with Gasteiger partial charge in [-0.25, -0.2) is 4.68 Å². The predicted octanol–water partition coefficient (Wildman–Crippen LogP) is 0.129. The Morgan fingerprint density at radius 3 is 3.00 bits per heavy atom. The number of H-pyrrole nitrogens is 1. The summed E-state index contributed by atoms with van der Waals surface area (Å²) < 4.78 is 2.18. The Morgan fingerprint density at radius 1 is 1.64 bits per heavy atom. The topological polar surface area (TPSA) is 66.8 Å². The molecule has 2 rings (SSSR count). The van der Waals surface area contributed by atoms with E-state index in [1.54, 1.807) is 16.6 Å². The summed E-state index contributed by atoms with van der Waals surface area (Å²) in [6.07, 6.45) is 1.35. The molecule has 0 bridgehead atoms. The first-order chi connectivity index (χ1) is 6.68. The second kappa shape index (κ2) is 3.49. The zero-order chi connectivity index (χ0) is 10.1. The molecule has 14 heavy (non-hydrogen) atoms. The summed E-state index contributed by atoms with van der Waals surface area (Å²) in [7, 11) is 1.79. The summed E-state index contributed by atoms with van der Waals surface area (Å²) in [6.45, 7) is 0.664. The van der Waals surface area contributed by atoms with E-state index in [1.807, 2.05) is 0 Å². The summed E-state index contributed by atoms with van der Waals surface area (Å²) in [5.74, 6) is 0.181. The third kappa shape index (κ3) is 1.54. The molecule has 1 N–H and O–H groups in total. The molecule has 0 saturated carbocycles. The third-order valence-electron chi connectivity index (χ3n) is 2.46. The number of aromatic amines is 1. The minimum Gasteiger partial charge on any atom is -0.344 e. The molecule has 7 heteroatoms. The lowest BCUT2D eigenvalue weighted by molar-refractivity contribution is -0.133. The lowest BCUT2D eigenvalue weighted by Gasteiger charge is -2.29. The highest BCUT2D eigenvalue weighted by molar-refractivity contribution is 7.71. The number of aromatic nitrogens is 4. The van der Waals surface area contributed by atoms with Crippen LogP contribution in [0.1, 0.15) is 18.9 Å². The van der Waals surface area contributed by atoms with E-state index in [0.29, 0.717) is 17.7 Å². The first kappa shape index (κ1) is 9.32. The highest BCUT2D eigenvalue weighted by atomic mass is 32.1. The van der Waals surface area contributed by atoms with Crippen molar-refractivity contribution in [1.29, 1.82) is 0 Å². The van der Waals surface area contributed by atoms with Crippen LogP contribution in [0, 0.1) is 4.77 Å². The van der Waals surface area contributed by atoms with Gasteiger partial charge in [0.05, 0.1) is 6.04 Å². The lowest BCUT2D eigenvalue weighted by Crippen LogP contribution is -2.38. The highest BCUT2D eigenvalue weighted by Crippen LogP contribution is 2.19. The SMILES string of the molecule is CN1CC(n2[nH]nnc2=S)CCC1=O. The van der Waals surface area contributed by atoms with Crippen molar-refractivity contribution < 1.29 is 4.79 Å². The van der Waals surface area contributed by atoms with Crippen LogP contribution < -0.4 is 0 Å². The van der Waals surface area contributed by atoms with Crippen molar-refractivity contribution in [3.05, 3.63) is 4.77 Å². The molecular weight excluding hydrogens is 202 g/mol. The first-order valence-electron chi connectivity index (χ1n) is 4.42. The Morgan fingerprint density at radius 2 is 2.43 bits per heavy atom. The second-order valence-corrected chi connectivity index (χ2v) is 3.78. The Kier molecular flexibility index (Phi) is 2.32. The molecule has 1 unspecified atom stereocenters. The van der Waals surface area contributed by atoms with Gasteiger partial charge in [0.15, 0.2) is 0 Å². The molecule has 1 aromatic heterocycles. The molecule has 2 heterocycles. The Bertz CT molecular complexity index is 397. The molecule has 76 valence electrons. The van der Waals surface area contributed by atoms with Crippen molar-refractivity contribution >= 4 is 18.1 Å². The molecule has 0 spiro atoms. The molecule has 0 radical (unpaired) electrons. The molecule has 6 nitrogen and oxygen atoms in total. The largest absolute Gasteiger partial charge is 0.344 e. The van der Waals surface area contributed by atoms with Gasteiger partial charge in [-0.05, 0) is 18.6 Å². The summed E-state index contributed by atoms with van der Waals surface area (Å²) in [4.78, 5) is 12.9. The van der Waals surface area contributed by atoms with Gasteiger partial charge in [0.2, 0.25) is 10.7 Å². The molecule has 1 fully saturated rings. The van der Waals surface area contributed by atoms with Crippen LogP contribution in [0.5, 0.6) is 0 Å². The van der Waals surface area contributed by atoms with Crippen LogP contribution in [-0.4, -0.2) is 44.6 Å². The van der Waals surface area contributed by atoms with Gasteiger partial charge < -0.3 is 4.90 Å². The number of likely N-dealkylation sites (tertiary alicyclic amines) is 1. The van der Waals surface area contributed by atoms with Gasteiger partial charge in [-0.1, -0.05) is 10.3 Å². The molecule has 1 aromatic rings. The van der Waals surface area contributed by atoms with Crippen molar-refractivity contribution in [2.75, 3.05) is 13.6 Å². The van der Waals surface area contributed by atoms with Crippen LogP contribution in [-0.2, 0) is 4.79 Å². The maximum Gasteiger partial charge on any atom is 0.238 e. The van der Waals surface area contributed by atoms with Crippen LogP contribution in [0.15, 0.2) is 0 Å². The molecule has 1 aliphatic heterocycles. The van der Waals surface area contributed by atoms with E-state index in [2.05, 4.69) is 15.5 Å². The first-order valence-corrected chi connectivity index (χ1v) is 4.83. The van der Waals surface area contributed by atoms with Crippen molar-refractivity contribution in [3.8, 4) is 0 Å². The Labute approximate surface area is 85.9 Å². The molecule has 1 saturated heterocycles. The molecule has 1 amide bonds. The quantitative estimate of drug-likeness (QED) is 0.673. The molecule has 0 aliphatic carbocycles. The van der Waals surface area contributed by atoms with Crippen LogP contribution in [0.2, 0.25) is 0 Å². The number of amides is 1. The van der Waals surface area contributed by atoms with E-state index in [4.69, 9.17) is 12.2 Å². The molecular formula is C7H11N5OS. The van der Waals surface area contributed by atoms with E-state index in [9.17, 15) is 4.79 Å². The molecule has 0 aromatic carbocycles. The van der Waals surface area contributed by atoms with Gasteiger partial charge in [0, 0.05) is 20.0 Å². The van der Waals surface area contributed by atoms with Gasteiger partial charge in [-0.2, -0.15) is 5.21 Å². The van der Waals surface area contributed by atoms with Crippen LogP contribution in [0.25, 0.3) is 0 Å². The van der Waals surface area contributed by atoms with Gasteiger partial charge in [-0.15, -0.1) is 0 Å². The average molecular weight is 213 g/mol. The third-order valence-corrected chi connectivity index (χ3v) is 2.74. The number of tetrazole rings is 1. The normalized spacial score (nSPS) is 22.8. The number of carbonyl (C=O) groups is 1. The van der Waals surface area contributed by atoms with Crippen LogP contribution in [0.4, 0.5) is 0 Å². The molecule has 1 atom stereocenters. The van der Waals surface area contributed by atoms with E-state index in [0.717, 1.165) is 6.42 Å². The number of hydrogen-bond donors (Lipinski definition) is 1. The summed E-state index contributed by atoms with van der Waals surface area (Å²) in [5.41, 5.74) is 0. The van der Waals surface area contributed by atoms with E-state index >= 15 is 0 Å². The summed E-state index contributed by atoms with van der Waals surface area (Å²) in [5, 5.41) is 10.0. The van der Waals surface area contributed by atoms with Crippen molar-refractivity contribution in [2.45, 2.75) is 18.9 Å². The maximum absolute atomic E-state index is 11.2. The van der Waals surface area contributed by atoms with Gasteiger partial charge >= 0.3 is 0 Å². The maximum atomic E-state index is 11.2. The van der Waals surface area contributed by atoms with Gasteiger partial charge in [0.25, 0.3) is 0 Å². The monoisotopic (exact) mass is 213 g/mol. The number of nitrogens with one attached hydrogen (secondary N) is 1.